The number of amides is 2. The van der Waals surface area contributed by atoms with Gasteiger partial charge < -0.3 is 4.74 Å². The average Bonchev–Trinajstić information content (AvgIpc) is 2.95. The second-order valence-electron chi connectivity index (χ2n) is 4.29. The molecule has 0 aromatic heterocycles. The summed E-state index contributed by atoms with van der Waals surface area (Å²) < 4.78 is 4.88. The average molecular weight is 269 g/mol. The predicted molar refractivity (Wildman–Crippen MR) is 66.8 cm³/mol. The van der Waals surface area contributed by atoms with Crippen LogP contribution < -0.4 is 0 Å². The van der Waals surface area contributed by atoms with Crippen LogP contribution in [0.4, 0.5) is 4.79 Å². The van der Waals surface area contributed by atoms with Gasteiger partial charge in [-0.25, -0.2) is 4.79 Å². The zero-order valence-corrected chi connectivity index (χ0v) is 11.3. The number of hydroxylamine groups is 2. The van der Waals surface area contributed by atoms with E-state index in [-0.39, 0.29) is 18.9 Å². The molecule has 2 aliphatic rings. The van der Waals surface area contributed by atoms with Crippen molar-refractivity contribution in [2.75, 3.05) is 0 Å². The van der Waals surface area contributed by atoms with Gasteiger partial charge in [0.05, 0.1) is 0 Å². The number of carbonyl (C=O) groups is 3. The first-order valence-electron chi connectivity index (χ1n) is 6.49. The molecule has 6 nitrogen and oxygen atoms in total. The number of hydrogen-bond donors (Lipinski definition) is 0. The van der Waals surface area contributed by atoms with E-state index in [0.29, 0.717) is 11.5 Å². The Morgan fingerprint density at radius 2 is 1.89 bits per heavy atom. The molecule has 1 saturated heterocycles. The van der Waals surface area contributed by atoms with E-state index >= 15 is 0 Å². The van der Waals surface area contributed by atoms with E-state index in [9.17, 15) is 14.4 Å². The number of rotatable bonds is 2. The molecule has 0 aromatic carbocycles. The maximum absolute atomic E-state index is 11.2. The van der Waals surface area contributed by atoms with Crippen molar-refractivity contribution >= 4 is 18.0 Å². The second-order valence-corrected chi connectivity index (χ2v) is 4.29. The van der Waals surface area contributed by atoms with Gasteiger partial charge in [-0.2, -0.15) is 0 Å². The number of ether oxygens (including phenoxy) is 1. The summed E-state index contributed by atoms with van der Waals surface area (Å²) in [5, 5.41) is 0.473. The Labute approximate surface area is 112 Å². The Morgan fingerprint density at radius 1 is 1.32 bits per heavy atom. The summed E-state index contributed by atoms with van der Waals surface area (Å²) in [6, 6.07) is 0. The monoisotopic (exact) mass is 269 g/mol. The normalized spacial score (nSPS) is 21.2. The molecule has 2 amide bonds. The molecule has 1 aliphatic carbocycles. The third-order valence-electron chi connectivity index (χ3n) is 2.39. The van der Waals surface area contributed by atoms with Crippen LogP contribution in [0.25, 0.3) is 0 Å². The largest absolute Gasteiger partial charge is 0.534 e. The number of hydrogen-bond acceptors (Lipinski definition) is 5. The van der Waals surface area contributed by atoms with Crippen molar-refractivity contribution in [3.05, 3.63) is 12.2 Å². The van der Waals surface area contributed by atoms with Crippen LogP contribution in [0.2, 0.25) is 0 Å². The van der Waals surface area contributed by atoms with Crippen LogP contribution in [-0.2, 0) is 19.2 Å². The molecular weight excluding hydrogens is 250 g/mol. The maximum atomic E-state index is 11.2. The second kappa shape index (κ2) is 7.56. The summed E-state index contributed by atoms with van der Waals surface area (Å²) in [6.45, 7) is 4.25. The van der Waals surface area contributed by atoms with Crippen LogP contribution in [0.15, 0.2) is 12.2 Å². The highest BCUT2D eigenvalue weighted by Gasteiger charge is 2.33. The molecule has 0 aromatic rings. The molecule has 2 rings (SSSR count). The van der Waals surface area contributed by atoms with Crippen molar-refractivity contribution in [1.29, 1.82) is 0 Å². The van der Waals surface area contributed by atoms with E-state index < -0.39 is 18.0 Å². The lowest BCUT2D eigenvalue weighted by atomic mass is 10.3. The number of imide groups is 1. The lowest BCUT2D eigenvalue weighted by molar-refractivity contribution is -0.178. The Morgan fingerprint density at radius 3 is 2.37 bits per heavy atom. The van der Waals surface area contributed by atoms with Gasteiger partial charge in [-0.3, -0.25) is 14.4 Å². The SMILES string of the molecule is CCC.O=C(OC1C=CCC1)ON1C(=O)CCC1=O. The van der Waals surface area contributed by atoms with Gasteiger partial charge in [0.15, 0.2) is 0 Å². The molecule has 0 spiro atoms. The lowest BCUT2D eigenvalue weighted by Gasteiger charge is -2.14. The summed E-state index contributed by atoms with van der Waals surface area (Å²) in [7, 11) is 0. The van der Waals surface area contributed by atoms with Crippen molar-refractivity contribution in [2.45, 2.75) is 52.1 Å². The van der Waals surface area contributed by atoms with Crippen molar-refractivity contribution < 1.29 is 24.0 Å². The van der Waals surface area contributed by atoms with E-state index in [1.165, 1.54) is 6.42 Å². The zero-order valence-electron chi connectivity index (χ0n) is 11.3. The van der Waals surface area contributed by atoms with Gasteiger partial charge in [-0.1, -0.05) is 31.4 Å². The minimum atomic E-state index is -1.01. The van der Waals surface area contributed by atoms with Gasteiger partial charge >= 0.3 is 6.16 Å². The van der Waals surface area contributed by atoms with Crippen LogP contribution in [-0.4, -0.2) is 29.1 Å². The van der Waals surface area contributed by atoms with Gasteiger partial charge in [0.1, 0.15) is 6.10 Å². The Bertz CT molecular complexity index is 361. The van der Waals surface area contributed by atoms with Crippen molar-refractivity contribution in [3.63, 3.8) is 0 Å². The smallest absolute Gasteiger partial charge is 0.425 e. The first-order valence-corrected chi connectivity index (χ1v) is 6.49. The molecule has 1 fully saturated rings. The fourth-order valence-corrected chi connectivity index (χ4v) is 1.58. The molecule has 1 heterocycles. The van der Waals surface area contributed by atoms with Crippen molar-refractivity contribution in [2.24, 2.45) is 0 Å². The van der Waals surface area contributed by atoms with E-state index in [0.717, 1.165) is 6.42 Å². The molecule has 0 radical (unpaired) electrons. The minimum absolute atomic E-state index is 0.0788. The third kappa shape index (κ3) is 4.73. The number of allylic oxidation sites excluding steroid dienone is 1. The van der Waals surface area contributed by atoms with Crippen LogP contribution in [0.1, 0.15) is 46.0 Å². The van der Waals surface area contributed by atoms with Crippen LogP contribution in [0, 0.1) is 0 Å². The third-order valence-corrected chi connectivity index (χ3v) is 2.39. The van der Waals surface area contributed by atoms with Crippen molar-refractivity contribution in [1.82, 2.24) is 5.06 Å². The van der Waals surface area contributed by atoms with Gasteiger partial charge in [0.25, 0.3) is 11.8 Å². The van der Waals surface area contributed by atoms with Crippen molar-refractivity contribution in [3.8, 4) is 0 Å². The van der Waals surface area contributed by atoms with E-state index in [1.807, 2.05) is 6.08 Å². The fraction of sp³-hybridized carbons (Fsp3) is 0.615. The standard InChI is InChI=1S/C10H11NO5.C3H8/c12-8-5-6-9(13)11(8)16-10(14)15-7-3-1-2-4-7;1-3-2/h1,3,7H,2,4-6H2;3H2,1-2H3. The summed E-state index contributed by atoms with van der Waals surface area (Å²) in [5.74, 6) is -1.02. The summed E-state index contributed by atoms with van der Waals surface area (Å²) >= 11 is 0. The Balaban J connectivity index is 0.000000550. The summed E-state index contributed by atoms with van der Waals surface area (Å²) in [4.78, 5) is 38.0. The topological polar surface area (TPSA) is 72.9 Å². The number of nitrogens with zero attached hydrogens (tertiary/aromatic N) is 1. The van der Waals surface area contributed by atoms with Crippen LogP contribution in [0.5, 0.6) is 0 Å². The van der Waals surface area contributed by atoms with E-state index in [2.05, 4.69) is 18.7 Å². The fourth-order valence-electron chi connectivity index (χ4n) is 1.58. The highest BCUT2D eigenvalue weighted by atomic mass is 16.8. The molecule has 0 saturated carbocycles. The lowest BCUT2D eigenvalue weighted by Crippen LogP contribution is -2.33. The van der Waals surface area contributed by atoms with Crippen LogP contribution in [0.3, 0.4) is 0 Å². The van der Waals surface area contributed by atoms with Crippen LogP contribution >= 0.6 is 0 Å². The van der Waals surface area contributed by atoms with E-state index in [1.54, 1.807) is 6.08 Å². The zero-order chi connectivity index (χ0) is 14.3. The molecule has 106 valence electrons. The van der Waals surface area contributed by atoms with Gasteiger partial charge in [-0.15, -0.1) is 0 Å². The molecule has 19 heavy (non-hydrogen) atoms. The van der Waals surface area contributed by atoms with E-state index in [4.69, 9.17) is 4.74 Å². The number of carbonyl (C=O) groups excluding carboxylic acids is 3. The highest BCUT2D eigenvalue weighted by Crippen LogP contribution is 2.16. The molecule has 1 unspecified atom stereocenters. The predicted octanol–water partition coefficient (Wildman–Crippen LogP) is 2.34. The Hall–Kier alpha value is -1.85. The first-order chi connectivity index (χ1) is 9.08. The van der Waals surface area contributed by atoms with Gasteiger partial charge in [0.2, 0.25) is 0 Å². The Kier molecular flexibility index (Phi) is 6.05. The molecule has 0 N–H and O–H groups in total. The minimum Gasteiger partial charge on any atom is -0.425 e. The van der Waals surface area contributed by atoms with Gasteiger partial charge in [-0.05, 0) is 18.9 Å². The highest BCUT2D eigenvalue weighted by molar-refractivity contribution is 6.01. The molecule has 1 aliphatic heterocycles. The first kappa shape index (κ1) is 15.2. The van der Waals surface area contributed by atoms with Gasteiger partial charge in [0, 0.05) is 12.8 Å². The molecule has 1 atom stereocenters. The molecule has 0 bridgehead atoms. The molecule has 6 heteroatoms. The summed E-state index contributed by atoms with van der Waals surface area (Å²) in [5.41, 5.74) is 0. The molecular formula is C13H19NO5. The maximum Gasteiger partial charge on any atom is 0.534 e. The summed E-state index contributed by atoms with van der Waals surface area (Å²) in [6.07, 6.45) is 5.26. The quantitative estimate of drug-likeness (QED) is 0.437.